The van der Waals surface area contributed by atoms with E-state index in [1.54, 1.807) is 28.9 Å². The van der Waals surface area contributed by atoms with Gasteiger partial charge in [-0.1, -0.05) is 12.1 Å². The quantitative estimate of drug-likeness (QED) is 0.783. The van der Waals surface area contributed by atoms with Gasteiger partial charge in [0, 0.05) is 24.0 Å². The van der Waals surface area contributed by atoms with Crippen molar-refractivity contribution in [3.63, 3.8) is 0 Å². The van der Waals surface area contributed by atoms with E-state index in [2.05, 4.69) is 20.6 Å². The van der Waals surface area contributed by atoms with E-state index in [-0.39, 0.29) is 24.1 Å². The molecule has 2 aromatic heterocycles. The normalized spacial score (nSPS) is 16.1. The van der Waals surface area contributed by atoms with Gasteiger partial charge in [-0.2, -0.15) is 9.78 Å². The summed E-state index contributed by atoms with van der Waals surface area (Å²) < 4.78 is 19.9. The van der Waals surface area contributed by atoms with E-state index in [0.717, 1.165) is 16.8 Å². The van der Waals surface area contributed by atoms with Crippen LogP contribution in [-0.2, 0) is 4.79 Å². The van der Waals surface area contributed by atoms with Crippen molar-refractivity contribution >= 4 is 11.7 Å². The Bertz CT molecular complexity index is 966. The molecular weight excluding hydrogens is 337 g/mol. The van der Waals surface area contributed by atoms with Gasteiger partial charge < -0.3 is 10.1 Å². The number of hydrogen-bond donors (Lipinski definition) is 1. The van der Waals surface area contributed by atoms with Crippen LogP contribution in [0.2, 0.25) is 0 Å². The summed E-state index contributed by atoms with van der Waals surface area (Å²) in [5, 5.41) is 15.5. The maximum absolute atomic E-state index is 13.3. The molecule has 0 saturated heterocycles. The molecule has 0 radical (unpaired) electrons. The SMILES string of the molecule is COc1ccc(-n2nc(C)c3c2NC(=O)CC3c2ccc(F)cc2)nn1. The first-order valence-electron chi connectivity index (χ1n) is 8.09. The van der Waals surface area contributed by atoms with Crippen LogP contribution in [0.3, 0.4) is 0 Å². The van der Waals surface area contributed by atoms with Gasteiger partial charge >= 0.3 is 0 Å². The first kappa shape index (κ1) is 16.2. The highest BCUT2D eigenvalue weighted by molar-refractivity contribution is 5.95. The van der Waals surface area contributed by atoms with Crippen molar-refractivity contribution in [2.75, 3.05) is 12.4 Å². The Labute approximate surface area is 148 Å². The topological polar surface area (TPSA) is 81.9 Å². The maximum atomic E-state index is 13.3. The molecule has 1 aliphatic heterocycles. The summed E-state index contributed by atoms with van der Waals surface area (Å²) in [5.41, 5.74) is 2.53. The van der Waals surface area contributed by atoms with Gasteiger partial charge in [0.25, 0.3) is 0 Å². The van der Waals surface area contributed by atoms with Crippen molar-refractivity contribution < 1.29 is 13.9 Å². The van der Waals surface area contributed by atoms with Gasteiger partial charge in [-0.3, -0.25) is 4.79 Å². The van der Waals surface area contributed by atoms with Crippen LogP contribution in [0.1, 0.15) is 29.2 Å². The van der Waals surface area contributed by atoms with Gasteiger partial charge in [0.05, 0.1) is 12.8 Å². The zero-order valence-corrected chi connectivity index (χ0v) is 14.2. The predicted octanol–water partition coefficient (Wildman–Crippen LogP) is 2.59. The van der Waals surface area contributed by atoms with Gasteiger partial charge in [-0.05, 0) is 30.7 Å². The highest BCUT2D eigenvalue weighted by Gasteiger charge is 2.32. The third-order valence-electron chi connectivity index (χ3n) is 4.43. The van der Waals surface area contributed by atoms with Crippen molar-refractivity contribution in [1.82, 2.24) is 20.0 Å². The molecule has 7 nitrogen and oxygen atoms in total. The minimum absolute atomic E-state index is 0.130. The summed E-state index contributed by atoms with van der Waals surface area (Å²) in [7, 11) is 1.51. The third kappa shape index (κ3) is 2.69. The fourth-order valence-corrected chi connectivity index (χ4v) is 3.23. The summed E-state index contributed by atoms with van der Waals surface area (Å²) >= 11 is 0. The number of ether oxygens (including phenoxy) is 1. The average molecular weight is 353 g/mol. The van der Waals surface area contributed by atoms with E-state index in [9.17, 15) is 9.18 Å². The molecule has 8 heteroatoms. The van der Waals surface area contributed by atoms with Crippen LogP contribution in [0.4, 0.5) is 10.2 Å². The summed E-state index contributed by atoms with van der Waals surface area (Å²) in [6.07, 6.45) is 0.277. The number of hydrogen-bond acceptors (Lipinski definition) is 5. The molecule has 0 spiro atoms. The number of nitrogens with zero attached hydrogens (tertiary/aromatic N) is 4. The van der Waals surface area contributed by atoms with Crippen LogP contribution in [0, 0.1) is 12.7 Å². The second kappa shape index (κ2) is 6.21. The largest absolute Gasteiger partial charge is 0.480 e. The van der Waals surface area contributed by atoms with Crippen LogP contribution in [0.25, 0.3) is 5.82 Å². The molecule has 1 aromatic carbocycles. The molecule has 132 valence electrons. The number of halogens is 1. The van der Waals surface area contributed by atoms with E-state index >= 15 is 0 Å². The van der Waals surface area contributed by atoms with Gasteiger partial charge in [0.15, 0.2) is 5.82 Å². The standard InChI is InChI=1S/C18H16FN5O2/c1-10-17-13(11-3-5-12(19)6-4-11)9-15(25)20-18(17)24(23-10)14-7-8-16(26-2)22-21-14/h3-8,13H,9H2,1-2H3,(H,20,25). The van der Waals surface area contributed by atoms with Gasteiger partial charge in [0.1, 0.15) is 11.6 Å². The molecule has 0 bridgehead atoms. The van der Waals surface area contributed by atoms with Crippen molar-refractivity contribution in [2.45, 2.75) is 19.3 Å². The van der Waals surface area contributed by atoms with Crippen molar-refractivity contribution in [3.8, 4) is 11.7 Å². The molecule has 3 heterocycles. The summed E-state index contributed by atoms with van der Waals surface area (Å²) in [5.74, 6) is 0.784. The lowest BCUT2D eigenvalue weighted by Gasteiger charge is -2.24. The number of benzene rings is 1. The van der Waals surface area contributed by atoms with Crippen LogP contribution in [0.15, 0.2) is 36.4 Å². The Morgan fingerprint density at radius 3 is 2.62 bits per heavy atom. The Morgan fingerprint density at radius 2 is 1.96 bits per heavy atom. The Kier molecular flexibility index (Phi) is 3.87. The summed E-state index contributed by atoms with van der Waals surface area (Å²) in [6, 6.07) is 9.59. The number of aromatic nitrogens is 4. The molecule has 0 fully saturated rings. The van der Waals surface area contributed by atoms with E-state index in [0.29, 0.717) is 17.5 Å². The lowest BCUT2D eigenvalue weighted by Crippen LogP contribution is -2.25. The van der Waals surface area contributed by atoms with Crippen molar-refractivity contribution in [1.29, 1.82) is 0 Å². The van der Waals surface area contributed by atoms with Gasteiger partial charge in [-0.25, -0.2) is 4.39 Å². The molecule has 1 N–H and O–H groups in total. The van der Waals surface area contributed by atoms with Crippen LogP contribution in [0.5, 0.6) is 5.88 Å². The second-order valence-electron chi connectivity index (χ2n) is 6.05. The first-order chi connectivity index (χ1) is 12.6. The lowest BCUT2D eigenvalue weighted by atomic mass is 9.86. The Hall–Kier alpha value is -3.29. The monoisotopic (exact) mass is 353 g/mol. The number of aryl methyl sites for hydroxylation is 1. The molecule has 3 aromatic rings. The number of amides is 1. The second-order valence-corrected chi connectivity index (χ2v) is 6.05. The number of methoxy groups -OCH3 is 1. The molecule has 0 saturated carbocycles. The van der Waals surface area contributed by atoms with Crippen molar-refractivity contribution in [3.05, 3.63) is 59.0 Å². The van der Waals surface area contributed by atoms with Crippen LogP contribution >= 0.6 is 0 Å². The zero-order chi connectivity index (χ0) is 18.3. The fourth-order valence-electron chi connectivity index (χ4n) is 3.23. The van der Waals surface area contributed by atoms with E-state index in [1.165, 1.54) is 19.2 Å². The van der Waals surface area contributed by atoms with E-state index < -0.39 is 0 Å². The number of carbonyl (C=O) groups is 1. The van der Waals surface area contributed by atoms with E-state index in [1.807, 2.05) is 6.92 Å². The molecule has 0 aliphatic carbocycles. The average Bonchev–Trinajstić information content (AvgIpc) is 2.98. The number of fused-ring (bicyclic) bond motifs is 1. The highest BCUT2D eigenvalue weighted by atomic mass is 19.1. The van der Waals surface area contributed by atoms with Crippen molar-refractivity contribution in [2.24, 2.45) is 0 Å². The predicted molar refractivity (Wildman–Crippen MR) is 91.9 cm³/mol. The highest BCUT2D eigenvalue weighted by Crippen LogP contribution is 2.39. The third-order valence-corrected chi connectivity index (χ3v) is 4.43. The smallest absolute Gasteiger partial charge is 0.233 e. The zero-order valence-electron chi connectivity index (χ0n) is 14.2. The number of anilines is 1. The molecule has 1 aliphatic rings. The van der Waals surface area contributed by atoms with Crippen LogP contribution in [-0.4, -0.2) is 33.0 Å². The molecule has 26 heavy (non-hydrogen) atoms. The summed E-state index contributed by atoms with van der Waals surface area (Å²) in [4.78, 5) is 12.3. The van der Waals surface area contributed by atoms with E-state index in [4.69, 9.17) is 4.74 Å². The molecule has 1 amide bonds. The molecule has 4 rings (SSSR count). The Morgan fingerprint density at radius 1 is 1.19 bits per heavy atom. The Balaban J connectivity index is 1.82. The minimum Gasteiger partial charge on any atom is -0.480 e. The number of rotatable bonds is 3. The van der Waals surface area contributed by atoms with Crippen LogP contribution < -0.4 is 10.1 Å². The maximum Gasteiger partial charge on any atom is 0.233 e. The van der Waals surface area contributed by atoms with Gasteiger partial charge in [-0.15, -0.1) is 10.2 Å². The number of nitrogens with one attached hydrogen (secondary N) is 1. The summed E-state index contributed by atoms with van der Waals surface area (Å²) in [6.45, 7) is 1.88. The number of carbonyl (C=O) groups excluding carboxylic acids is 1. The minimum atomic E-state index is -0.310. The lowest BCUT2D eigenvalue weighted by molar-refractivity contribution is -0.116. The molecule has 1 unspecified atom stereocenters. The fraction of sp³-hybridized carbons (Fsp3) is 0.222. The molecule has 1 atom stereocenters. The van der Waals surface area contributed by atoms with Gasteiger partial charge in [0.2, 0.25) is 11.8 Å². The first-order valence-corrected chi connectivity index (χ1v) is 8.09. The molecular formula is C18H16FN5O2.